The molecule has 10 heteroatoms. The average molecular weight is 478 g/mol. The fourth-order valence-corrected chi connectivity index (χ4v) is 4.81. The molecule has 1 N–H and O–H groups in total. The smallest absolute Gasteiger partial charge is 0.263 e. The number of benzene rings is 2. The minimum absolute atomic E-state index is 0.234. The molecule has 0 unspecified atom stereocenters. The van der Waals surface area contributed by atoms with Gasteiger partial charge in [-0.2, -0.15) is 16.9 Å². The van der Waals surface area contributed by atoms with E-state index in [1.807, 2.05) is 43.0 Å². The Morgan fingerprint density at radius 2 is 1.97 bits per heavy atom. The van der Waals surface area contributed by atoms with Crippen molar-refractivity contribution in [2.75, 3.05) is 28.7 Å². The molecule has 1 atom stereocenters. The third kappa shape index (κ3) is 6.39. The van der Waals surface area contributed by atoms with Gasteiger partial charge < -0.3 is 9.47 Å². The van der Waals surface area contributed by atoms with Gasteiger partial charge >= 0.3 is 0 Å². The van der Waals surface area contributed by atoms with Crippen LogP contribution >= 0.6 is 11.8 Å². The number of anilines is 1. The van der Waals surface area contributed by atoms with Gasteiger partial charge in [0.1, 0.15) is 23.6 Å². The molecule has 172 valence electrons. The molecule has 2 aromatic rings. The lowest BCUT2D eigenvalue weighted by molar-refractivity contribution is -0.121. The number of thioether (sulfide) groups is 1. The number of amides is 1. The molecule has 1 aliphatic heterocycles. The van der Waals surface area contributed by atoms with Gasteiger partial charge in [0.25, 0.3) is 5.91 Å². The van der Waals surface area contributed by atoms with Crippen molar-refractivity contribution in [2.24, 2.45) is 5.10 Å². The fraction of sp³-hybridized carbons (Fsp3) is 0.364. The highest BCUT2D eigenvalue weighted by molar-refractivity contribution is 8.00. The van der Waals surface area contributed by atoms with E-state index >= 15 is 0 Å². The summed E-state index contributed by atoms with van der Waals surface area (Å²) in [6.07, 6.45) is 2.79. The molecule has 0 saturated carbocycles. The normalized spacial score (nSPS) is 15.1. The Kier molecular flexibility index (Phi) is 8.03. The molecule has 1 fully saturated rings. The van der Waals surface area contributed by atoms with E-state index in [-0.39, 0.29) is 6.10 Å². The van der Waals surface area contributed by atoms with Crippen molar-refractivity contribution in [3.8, 4) is 11.5 Å². The molecule has 32 heavy (non-hydrogen) atoms. The number of hydrazone groups is 1. The van der Waals surface area contributed by atoms with Gasteiger partial charge in [0.2, 0.25) is 10.0 Å². The van der Waals surface area contributed by atoms with Crippen molar-refractivity contribution in [1.29, 1.82) is 0 Å². The quantitative estimate of drug-likeness (QED) is 0.418. The summed E-state index contributed by atoms with van der Waals surface area (Å²) < 4.78 is 37.1. The van der Waals surface area contributed by atoms with E-state index in [9.17, 15) is 13.2 Å². The highest BCUT2D eigenvalue weighted by Gasteiger charge is 2.29. The third-order valence-electron chi connectivity index (χ3n) is 4.65. The van der Waals surface area contributed by atoms with Crippen molar-refractivity contribution in [2.45, 2.75) is 26.0 Å². The SMILES string of the molecule is CCOc1ccc(N([C@H](C)C(=O)N/N=C\c2cccc(OC3CSC3)c2)S(C)(=O)=O)cc1. The molecular formula is C22H27N3O5S2. The summed E-state index contributed by atoms with van der Waals surface area (Å²) in [5.74, 6) is 2.78. The first-order chi connectivity index (χ1) is 15.3. The van der Waals surface area contributed by atoms with E-state index in [0.717, 1.165) is 33.4 Å². The Labute approximate surface area is 193 Å². The molecule has 1 amide bonds. The van der Waals surface area contributed by atoms with E-state index in [0.29, 0.717) is 18.0 Å². The molecule has 0 aromatic heterocycles. The standard InChI is InChI=1S/C22H27N3O5S2/c1-4-29-19-10-8-18(9-11-19)25(32(3,27)28)16(2)22(26)24-23-13-17-6-5-7-20(12-17)30-21-14-31-15-21/h5-13,16,21H,4,14-15H2,1-3H3,(H,24,26)/b23-13-/t16-/m1/s1. The molecule has 8 nitrogen and oxygen atoms in total. The topological polar surface area (TPSA) is 97.3 Å². The lowest BCUT2D eigenvalue weighted by Crippen LogP contribution is -2.46. The van der Waals surface area contributed by atoms with E-state index in [1.165, 1.54) is 13.1 Å². The zero-order valence-electron chi connectivity index (χ0n) is 18.2. The Bertz CT molecular complexity index is 1050. The second-order valence-corrected chi connectivity index (χ2v) is 10.2. The number of nitrogens with one attached hydrogen (secondary N) is 1. The summed E-state index contributed by atoms with van der Waals surface area (Å²) in [6, 6.07) is 12.9. The Balaban J connectivity index is 1.66. The van der Waals surface area contributed by atoms with Crippen LogP contribution in [-0.2, 0) is 14.8 Å². The Hall–Kier alpha value is -2.72. The van der Waals surface area contributed by atoms with Gasteiger partial charge in [-0.15, -0.1) is 0 Å². The average Bonchev–Trinajstić information content (AvgIpc) is 2.71. The van der Waals surface area contributed by atoms with Crippen LogP contribution in [0.1, 0.15) is 19.4 Å². The summed E-state index contributed by atoms with van der Waals surface area (Å²) in [7, 11) is -3.72. The van der Waals surface area contributed by atoms with Crippen LogP contribution in [0.25, 0.3) is 0 Å². The predicted octanol–water partition coefficient (Wildman–Crippen LogP) is 2.88. The Morgan fingerprint density at radius 1 is 1.25 bits per heavy atom. The van der Waals surface area contributed by atoms with Gasteiger partial charge in [-0.05, 0) is 55.8 Å². The summed E-state index contributed by atoms with van der Waals surface area (Å²) in [5, 5.41) is 3.99. The van der Waals surface area contributed by atoms with Gasteiger partial charge in [-0.1, -0.05) is 12.1 Å². The van der Waals surface area contributed by atoms with E-state index in [1.54, 1.807) is 24.3 Å². The summed E-state index contributed by atoms with van der Waals surface area (Å²) >= 11 is 1.84. The van der Waals surface area contributed by atoms with Crippen LogP contribution in [0.2, 0.25) is 0 Å². The number of sulfonamides is 1. The Morgan fingerprint density at radius 3 is 2.56 bits per heavy atom. The first-order valence-electron chi connectivity index (χ1n) is 10.2. The maximum Gasteiger partial charge on any atom is 0.263 e. The van der Waals surface area contributed by atoms with Gasteiger partial charge in [0.15, 0.2) is 0 Å². The van der Waals surface area contributed by atoms with Gasteiger partial charge in [-0.25, -0.2) is 13.8 Å². The molecule has 0 spiro atoms. The van der Waals surface area contributed by atoms with Crippen molar-refractivity contribution in [3.05, 3.63) is 54.1 Å². The third-order valence-corrected chi connectivity index (χ3v) is 7.10. The number of carbonyl (C=O) groups is 1. The largest absolute Gasteiger partial charge is 0.494 e. The number of hydrogen-bond acceptors (Lipinski definition) is 7. The van der Waals surface area contributed by atoms with E-state index < -0.39 is 22.0 Å². The van der Waals surface area contributed by atoms with Crippen LogP contribution in [0.4, 0.5) is 5.69 Å². The molecule has 1 saturated heterocycles. The van der Waals surface area contributed by atoms with Gasteiger partial charge in [-0.3, -0.25) is 9.10 Å². The van der Waals surface area contributed by atoms with Crippen molar-refractivity contribution in [3.63, 3.8) is 0 Å². The molecule has 2 aromatic carbocycles. The van der Waals surface area contributed by atoms with Crippen LogP contribution in [0, 0.1) is 0 Å². The molecule has 1 heterocycles. The van der Waals surface area contributed by atoms with E-state index in [4.69, 9.17) is 9.47 Å². The second kappa shape index (κ2) is 10.7. The molecule has 0 bridgehead atoms. The first-order valence-corrected chi connectivity index (χ1v) is 13.2. The highest BCUT2D eigenvalue weighted by atomic mass is 32.2. The van der Waals surface area contributed by atoms with Crippen LogP contribution in [0.5, 0.6) is 11.5 Å². The number of nitrogens with zero attached hydrogens (tertiary/aromatic N) is 2. The van der Waals surface area contributed by atoms with Crippen LogP contribution in [0.15, 0.2) is 53.6 Å². The monoisotopic (exact) mass is 477 g/mol. The number of ether oxygens (including phenoxy) is 2. The fourth-order valence-electron chi connectivity index (χ4n) is 3.07. The van der Waals surface area contributed by atoms with Gasteiger partial charge in [0, 0.05) is 11.5 Å². The summed E-state index contributed by atoms with van der Waals surface area (Å²) in [5.41, 5.74) is 3.54. The summed E-state index contributed by atoms with van der Waals surface area (Å²) in [4.78, 5) is 12.6. The van der Waals surface area contributed by atoms with Crippen LogP contribution < -0.4 is 19.2 Å². The zero-order valence-corrected chi connectivity index (χ0v) is 19.9. The second-order valence-electron chi connectivity index (χ2n) is 7.25. The molecule has 3 rings (SSSR count). The molecular weight excluding hydrogens is 450 g/mol. The van der Waals surface area contributed by atoms with E-state index in [2.05, 4.69) is 10.5 Å². The van der Waals surface area contributed by atoms with Gasteiger partial charge in [0.05, 0.1) is 24.8 Å². The summed E-state index contributed by atoms with van der Waals surface area (Å²) in [6.45, 7) is 3.87. The molecule has 1 aliphatic rings. The molecule has 0 radical (unpaired) electrons. The maximum absolute atomic E-state index is 12.6. The first kappa shape index (κ1) is 23.9. The number of carbonyl (C=O) groups excluding carboxylic acids is 1. The maximum atomic E-state index is 12.6. The van der Waals surface area contributed by atoms with Crippen LogP contribution in [-0.4, -0.2) is 57.1 Å². The minimum Gasteiger partial charge on any atom is -0.494 e. The lowest BCUT2D eigenvalue weighted by atomic mass is 10.2. The van der Waals surface area contributed by atoms with Crippen LogP contribution in [0.3, 0.4) is 0 Å². The van der Waals surface area contributed by atoms with Crippen molar-refractivity contribution in [1.82, 2.24) is 5.43 Å². The minimum atomic E-state index is -3.72. The number of rotatable bonds is 10. The van der Waals surface area contributed by atoms with Crippen molar-refractivity contribution < 1.29 is 22.7 Å². The predicted molar refractivity (Wildman–Crippen MR) is 128 cm³/mol. The highest BCUT2D eigenvalue weighted by Crippen LogP contribution is 2.25. The number of hydrogen-bond donors (Lipinski definition) is 1. The lowest BCUT2D eigenvalue weighted by Gasteiger charge is -2.27. The zero-order chi connectivity index (χ0) is 23.1. The van der Waals surface area contributed by atoms with Crippen molar-refractivity contribution >= 4 is 39.6 Å². The molecule has 0 aliphatic carbocycles.